The molecule has 1 atom stereocenters. The number of carbonyl (C=O) groups is 3. The van der Waals surface area contributed by atoms with Gasteiger partial charge in [0, 0.05) is 25.6 Å². The smallest absolute Gasteiger partial charge is 0.305 e. The summed E-state index contributed by atoms with van der Waals surface area (Å²) in [5.74, 6) is -1.46. The minimum absolute atomic E-state index is 0.0419. The normalized spacial score (nSPS) is 16.8. The Kier molecular flexibility index (Phi) is 8.88. The summed E-state index contributed by atoms with van der Waals surface area (Å²) in [5, 5.41) is 20.5. The topological polar surface area (TPSA) is 125 Å². The number of carboxylic acids is 1. The van der Waals surface area contributed by atoms with E-state index in [1.807, 2.05) is 0 Å². The lowest BCUT2D eigenvalue weighted by Crippen LogP contribution is -2.37. The van der Waals surface area contributed by atoms with E-state index in [9.17, 15) is 19.5 Å². The molecule has 0 aromatic heterocycles. The molecule has 1 unspecified atom stereocenters. The standard InChI is InChI=1S/C14H22N2O7/c17-11(3-6-16-12(18)1-2-13(16)19)15-5-8-23-10-9-22-7-4-14(20)21/h1-2,12,18H,3-10H2,(H,15,17)(H,20,21). The second kappa shape index (κ2) is 10.7. The number of nitrogens with one attached hydrogen (secondary N) is 1. The van der Waals surface area contributed by atoms with Crippen molar-refractivity contribution in [1.29, 1.82) is 0 Å². The Morgan fingerprint density at radius 2 is 1.87 bits per heavy atom. The van der Waals surface area contributed by atoms with Crippen LogP contribution in [0.4, 0.5) is 0 Å². The molecule has 0 aromatic rings. The predicted octanol–water partition coefficient (Wildman–Crippen LogP) is -1.28. The number of rotatable bonds is 12. The molecule has 0 saturated heterocycles. The van der Waals surface area contributed by atoms with E-state index >= 15 is 0 Å². The zero-order valence-corrected chi connectivity index (χ0v) is 12.8. The number of aliphatic hydroxyl groups excluding tert-OH is 1. The van der Waals surface area contributed by atoms with Crippen LogP contribution in [0.15, 0.2) is 12.2 Å². The van der Waals surface area contributed by atoms with Gasteiger partial charge < -0.3 is 29.9 Å². The van der Waals surface area contributed by atoms with Gasteiger partial charge in [-0.25, -0.2) is 0 Å². The molecule has 0 bridgehead atoms. The second-order valence-corrected chi connectivity index (χ2v) is 4.77. The van der Waals surface area contributed by atoms with Crippen molar-refractivity contribution >= 4 is 17.8 Å². The van der Waals surface area contributed by atoms with Crippen LogP contribution in [-0.4, -0.2) is 78.6 Å². The first-order valence-corrected chi connectivity index (χ1v) is 7.31. The molecule has 0 saturated carbocycles. The summed E-state index contributed by atoms with van der Waals surface area (Å²) in [7, 11) is 0. The van der Waals surface area contributed by atoms with E-state index in [0.717, 1.165) is 0 Å². The largest absolute Gasteiger partial charge is 0.481 e. The number of nitrogens with zero attached hydrogens (tertiary/aromatic N) is 1. The Balaban J connectivity index is 1.92. The highest BCUT2D eigenvalue weighted by Gasteiger charge is 2.23. The molecule has 3 N–H and O–H groups in total. The van der Waals surface area contributed by atoms with Gasteiger partial charge in [-0.1, -0.05) is 0 Å². The summed E-state index contributed by atoms with van der Waals surface area (Å²) >= 11 is 0. The van der Waals surface area contributed by atoms with Gasteiger partial charge in [-0.15, -0.1) is 0 Å². The van der Waals surface area contributed by atoms with E-state index in [-0.39, 0.29) is 37.8 Å². The number of carboxylic acid groups (broad SMARTS) is 1. The maximum Gasteiger partial charge on any atom is 0.305 e. The molecule has 0 aromatic carbocycles. The lowest BCUT2D eigenvalue weighted by Gasteiger charge is -2.19. The third-order valence-corrected chi connectivity index (χ3v) is 2.99. The van der Waals surface area contributed by atoms with E-state index in [0.29, 0.717) is 26.4 Å². The summed E-state index contributed by atoms with van der Waals surface area (Å²) in [6.07, 6.45) is 1.74. The molecule has 1 aliphatic rings. The minimum atomic E-state index is -0.959. The summed E-state index contributed by atoms with van der Waals surface area (Å²) < 4.78 is 10.2. The minimum Gasteiger partial charge on any atom is -0.481 e. The van der Waals surface area contributed by atoms with Gasteiger partial charge in [-0.2, -0.15) is 0 Å². The van der Waals surface area contributed by atoms with Crippen LogP contribution in [0.3, 0.4) is 0 Å². The molecule has 0 fully saturated rings. The average molecular weight is 330 g/mol. The highest BCUT2D eigenvalue weighted by Crippen LogP contribution is 2.08. The van der Waals surface area contributed by atoms with Crippen molar-refractivity contribution in [3.05, 3.63) is 12.2 Å². The molecule has 0 spiro atoms. The summed E-state index contributed by atoms with van der Waals surface area (Å²) in [4.78, 5) is 34.3. The first-order valence-electron chi connectivity index (χ1n) is 7.31. The number of aliphatic hydroxyl groups is 1. The Morgan fingerprint density at radius 1 is 1.17 bits per heavy atom. The van der Waals surface area contributed by atoms with E-state index < -0.39 is 12.2 Å². The predicted molar refractivity (Wildman–Crippen MR) is 78.4 cm³/mol. The van der Waals surface area contributed by atoms with Crippen LogP contribution in [0.5, 0.6) is 0 Å². The maximum atomic E-state index is 11.6. The number of hydrogen-bond acceptors (Lipinski definition) is 6. The Labute approximate surface area is 133 Å². The lowest BCUT2D eigenvalue weighted by atomic mass is 10.3. The summed E-state index contributed by atoms with van der Waals surface area (Å²) in [6, 6.07) is 0. The average Bonchev–Trinajstić information content (AvgIpc) is 2.82. The highest BCUT2D eigenvalue weighted by atomic mass is 16.5. The Hall–Kier alpha value is -1.97. The van der Waals surface area contributed by atoms with Crippen molar-refractivity contribution in [2.45, 2.75) is 19.1 Å². The van der Waals surface area contributed by atoms with Crippen molar-refractivity contribution in [3.8, 4) is 0 Å². The number of ether oxygens (including phenoxy) is 2. The molecule has 1 heterocycles. The SMILES string of the molecule is O=C(O)CCOCCOCCNC(=O)CCN1C(=O)C=CC1O. The third kappa shape index (κ3) is 8.29. The molecular formula is C14H22N2O7. The molecule has 0 radical (unpaired) electrons. The van der Waals surface area contributed by atoms with Crippen LogP contribution in [0.25, 0.3) is 0 Å². The number of amides is 2. The first kappa shape index (κ1) is 19.1. The van der Waals surface area contributed by atoms with E-state index in [2.05, 4.69) is 5.32 Å². The molecule has 23 heavy (non-hydrogen) atoms. The molecule has 130 valence electrons. The highest BCUT2D eigenvalue weighted by molar-refractivity contribution is 5.90. The van der Waals surface area contributed by atoms with Gasteiger partial charge in [0.15, 0.2) is 0 Å². The van der Waals surface area contributed by atoms with Crippen molar-refractivity contribution in [2.75, 3.05) is 39.5 Å². The van der Waals surface area contributed by atoms with Crippen molar-refractivity contribution < 1.29 is 34.1 Å². The number of hydrogen-bond donors (Lipinski definition) is 3. The molecule has 9 nitrogen and oxygen atoms in total. The van der Waals surface area contributed by atoms with E-state index in [4.69, 9.17) is 14.6 Å². The molecule has 2 amide bonds. The molecule has 1 aliphatic heterocycles. The van der Waals surface area contributed by atoms with E-state index in [1.54, 1.807) is 0 Å². The first-order chi connectivity index (χ1) is 11.0. The summed E-state index contributed by atoms with van der Waals surface area (Å²) in [5.41, 5.74) is 0. The van der Waals surface area contributed by atoms with Crippen LogP contribution >= 0.6 is 0 Å². The van der Waals surface area contributed by atoms with E-state index in [1.165, 1.54) is 17.1 Å². The lowest BCUT2D eigenvalue weighted by molar-refractivity contribution is -0.138. The van der Waals surface area contributed by atoms with Gasteiger partial charge in [0.25, 0.3) is 0 Å². The molecular weight excluding hydrogens is 308 g/mol. The van der Waals surface area contributed by atoms with Crippen LogP contribution in [0, 0.1) is 0 Å². The molecule has 0 aliphatic carbocycles. The zero-order chi connectivity index (χ0) is 17.1. The third-order valence-electron chi connectivity index (χ3n) is 2.99. The monoisotopic (exact) mass is 330 g/mol. The fourth-order valence-corrected chi connectivity index (χ4v) is 1.80. The van der Waals surface area contributed by atoms with Gasteiger partial charge in [0.05, 0.1) is 32.8 Å². The number of aliphatic carboxylic acids is 1. The molecule has 9 heteroatoms. The van der Waals surface area contributed by atoms with Gasteiger partial charge >= 0.3 is 5.97 Å². The number of carbonyl (C=O) groups excluding carboxylic acids is 2. The second-order valence-electron chi connectivity index (χ2n) is 4.77. The quantitative estimate of drug-likeness (QED) is 0.380. The Bertz CT molecular complexity index is 439. The van der Waals surface area contributed by atoms with Crippen LogP contribution in [0.2, 0.25) is 0 Å². The fraction of sp³-hybridized carbons (Fsp3) is 0.643. The van der Waals surface area contributed by atoms with Gasteiger partial charge in [-0.3, -0.25) is 14.4 Å². The van der Waals surface area contributed by atoms with Crippen molar-refractivity contribution in [3.63, 3.8) is 0 Å². The van der Waals surface area contributed by atoms with Gasteiger partial charge in [0.2, 0.25) is 11.8 Å². The van der Waals surface area contributed by atoms with Crippen molar-refractivity contribution in [1.82, 2.24) is 10.2 Å². The van der Waals surface area contributed by atoms with Gasteiger partial charge in [-0.05, 0) is 6.08 Å². The maximum absolute atomic E-state index is 11.6. The zero-order valence-electron chi connectivity index (χ0n) is 12.8. The van der Waals surface area contributed by atoms with Crippen LogP contribution in [-0.2, 0) is 23.9 Å². The van der Waals surface area contributed by atoms with Gasteiger partial charge in [0.1, 0.15) is 6.23 Å². The van der Waals surface area contributed by atoms with Crippen molar-refractivity contribution in [2.24, 2.45) is 0 Å². The fourth-order valence-electron chi connectivity index (χ4n) is 1.80. The summed E-state index contributed by atoms with van der Waals surface area (Å²) in [6.45, 7) is 1.53. The van der Waals surface area contributed by atoms with Crippen LogP contribution in [0.1, 0.15) is 12.8 Å². The molecule has 1 rings (SSSR count). The van der Waals surface area contributed by atoms with Crippen LogP contribution < -0.4 is 5.32 Å². The Morgan fingerprint density at radius 3 is 2.48 bits per heavy atom.